The number of rotatable bonds is 2. The Morgan fingerprint density at radius 1 is 1.31 bits per heavy atom. The summed E-state index contributed by atoms with van der Waals surface area (Å²) in [6.45, 7) is 9.78. The van der Waals surface area contributed by atoms with E-state index < -0.39 is 0 Å². The van der Waals surface area contributed by atoms with Gasteiger partial charge in [-0.2, -0.15) is 0 Å². The Bertz CT molecular complexity index is 220. The second-order valence-corrected chi connectivity index (χ2v) is 5.59. The second kappa shape index (κ2) is 4.97. The first kappa shape index (κ1) is 11.0. The van der Waals surface area contributed by atoms with E-state index in [0.29, 0.717) is 17.1 Å². The fourth-order valence-corrected chi connectivity index (χ4v) is 3.25. The van der Waals surface area contributed by atoms with Crippen LogP contribution in [0.25, 0.3) is 0 Å². The maximum Gasteiger partial charge on any atom is 0.0578 e. The summed E-state index contributed by atoms with van der Waals surface area (Å²) in [6.07, 6.45) is 4.45. The van der Waals surface area contributed by atoms with Crippen molar-refractivity contribution < 1.29 is 4.18 Å². The average Bonchev–Trinajstić information content (AvgIpc) is 2.22. The average molecular weight is 200 g/mol. The Hall–Kier alpha value is -0.0800. The predicted octanol–water partition coefficient (Wildman–Crippen LogP) is 3.24. The number of hydrogen-bond acceptors (Lipinski definition) is 1. The lowest BCUT2D eigenvalue weighted by atomic mass is 9.93. The summed E-state index contributed by atoms with van der Waals surface area (Å²) < 4.78 is 5.71. The Balaban J connectivity index is 2.75. The third-order valence-electron chi connectivity index (χ3n) is 2.82. The molecular weight excluding hydrogens is 180 g/mol. The van der Waals surface area contributed by atoms with Crippen molar-refractivity contribution in [1.29, 1.82) is 0 Å². The molecule has 13 heavy (non-hydrogen) atoms. The quantitative estimate of drug-likeness (QED) is 0.622. The van der Waals surface area contributed by atoms with Gasteiger partial charge in [0.2, 0.25) is 0 Å². The van der Waals surface area contributed by atoms with Gasteiger partial charge in [0.1, 0.15) is 0 Å². The molecule has 0 fully saturated rings. The van der Waals surface area contributed by atoms with E-state index in [-0.39, 0.29) is 10.8 Å². The maximum atomic E-state index is 5.71. The molecule has 0 bridgehead atoms. The van der Waals surface area contributed by atoms with Crippen LogP contribution in [-0.4, -0.2) is 17.2 Å². The van der Waals surface area contributed by atoms with Gasteiger partial charge in [-0.1, -0.05) is 43.7 Å². The van der Waals surface area contributed by atoms with Gasteiger partial charge < -0.3 is 4.18 Å². The van der Waals surface area contributed by atoms with E-state index in [9.17, 15) is 0 Å². The van der Waals surface area contributed by atoms with Crippen molar-refractivity contribution in [2.75, 3.05) is 6.61 Å². The van der Waals surface area contributed by atoms with Gasteiger partial charge in [0.25, 0.3) is 0 Å². The molecule has 4 unspecified atom stereocenters. The van der Waals surface area contributed by atoms with Gasteiger partial charge in [0.15, 0.2) is 0 Å². The number of allylic oxidation sites excluding steroid dienone is 2. The molecule has 0 aromatic carbocycles. The zero-order chi connectivity index (χ0) is 9.84. The monoisotopic (exact) mass is 200 g/mol. The van der Waals surface area contributed by atoms with Gasteiger partial charge in [0.05, 0.1) is 6.61 Å². The fourth-order valence-electron chi connectivity index (χ4n) is 1.52. The molecule has 0 saturated carbocycles. The van der Waals surface area contributed by atoms with Crippen LogP contribution < -0.4 is 0 Å². The maximum absolute atomic E-state index is 5.71. The van der Waals surface area contributed by atoms with E-state index in [1.165, 1.54) is 0 Å². The lowest BCUT2D eigenvalue weighted by molar-refractivity contribution is 0.378. The summed E-state index contributed by atoms with van der Waals surface area (Å²) in [6, 6.07) is 0. The van der Waals surface area contributed by atoms with Crippen molar-refractivity contribution in [3.8, 4) is 0 Å². The zero-order valence-corrected chi connectivity index (χ0v) is 9.80. The Morgan fingerprint density at radius 3 is 2.62 bits per heavy atom. The molecule has 1 aliphatic heterocycles. The normalized spacial score (nSPS) is 39.7. The van der Waals surface area contributed by atoms with Crippen molar-refractivity contribution in [2.24, 2.45) is 11.8 Å². The highest BCUT2D eigenvalue weighted by Crippen LogP contribution is 2.33. The van der Waals surface area contributed by atoms with Crippen LogP contribution in [0.1, 0.15) is 27.7 Å². The minimum Gasteiger partial charge on any atom is -0.323 e. The molecular formula is C11H20OS. The Kier molecular flexibility index (Phi) is 4.20. The van der Waals surface area contributed by atoms with Crippen LogP contribution in [0.2, 0.25) is 0 Å². The largest absolute Gasteiger partial charge is 0.323 e. The van der Waals surface area contributed by atoms with E-state index in [2.05, 4.69) is 45.2 Å². The van der Waals surface area contributed by atoms with Gasteiger partial charge in [-0.15, -0.1) is 0 Å². The molecule has 0 saturated heterocycles. The standard InChI is InChI=1S/C11H20OS/c1-5-12-13-8-6-7-9(2)10(3)11(13)4/h6-11H,5H2,1-4H3. The third-order valence-corrected chi connectivity index (χ3v) is 4.91. The molecule has 2 heteroatoms. The zero-order valence-electron chi connectivity index (χ0n) is 8.99. The van der Waals surface area contributed by atoms with E-state index in [1.54, 1.807) is 0 Å². The molecule has 0 aromatic heterocycles. The molecule has 0 spiro atoms. The van der Waals surface area contributed by atoms with Gasteiger partial charge in [-0.25, -0.2) is 0 Å². The first-order chi connectivity index (χ1) is 6.16. The first-order valence-electron chi connectivity index (χ1n) is 5.03. The van der Waals surface area contributed by atoms with Gasteiger partial charge in [-0.3, -0.25) is 0 Å². The molecule has 1 rings (SSSR count). The van der Waals surface area contributed by atoms with Gasteiger partial charge in [0, 0.05) is 5.25 Å². The lowest BCUT2D eigenvalue weighted by Crippen LogP contribution is -2.18. The highest BCUT2D eigenvalue weighted by atomic mass is 32.2. The molecule has 1 aliphatic rings. The molecule has 0 aliphatic carbocycles. The van der Waals surface area contributed by atoms with Gasteiger partial charge in [-0.05, 0) is 24.1 Å². The topological polar surface area (TPSA) is 9.23 Å². The van der Waals surface area contributed by atoms with E-state index in [1.807, 2.05) is 0 Å². The summed E-state index contributed by atoms with van der Waals surface area (Å²) in [7, 11) is 0.0306. The molecule has 76 valence electrons. The summed E-state index contributed by atoms with van der Waals surface area (Å²) in [5.41, 5.74) is 0. The summed E-state index contributed by atoms with van der Waals surface area (Å²) in [4.78, 5) is 0. The smallest absolute Gasteiger partial charge is 0.0578 e. The molecule has 0 amide bonds. The van der Waals surface area contributed by atoms with E-state index >= 15 is 0 Å². The Labute approximate surface area is 84.3 Å². The second-order valence-electron chi connectivity index (χ2n) is 3.68. The molecule has 4 atom stereocenters. The molecule has 1 heterocycles. The molecule has 0 N–H and O–H groups in total. The van der Waals surface area contributed by atoms with Gasteiger partial charge >= 0.3 is 0 Å². The van der Waals surface area contributed by atoms with Crippen LogP contribution in [-0.2, 0) is 4.18 Å². The van der Waals surface area contributed by atoms with Crippen molar-refractivity contribution in [1.82, 2.24) is 0 Å². The van der Waals surface area contributed by atoms with Crippen molar-refractivity contribution in [2.45, 2.75) is 32.9 Å². The van der Waals surface area contributed by atoms with Crippen LogP contribution in [0, 0.1) is 11.8 Å². The van der Waals surface area contributed by atoms with Crippen molar-refractivity contribution in [3.63, 3.8) is 0 Å². The van der Waals surface area contributed by atoms with Crippen LogP contribution in [0.15, 0.2) is 12.2 Å². The third kappa shape index (κ3) is 2.68. The summed E-state index contributed by atoms with van der Waals surface area (Å²) >= 11 is 0. The lowest BCUT2D eigenvalue weighted by Gasteiger charge is -2.24. The molecule has 1 nitrogen and oxygen atoms in total. The van der Waals surface area contributed by atoms with Crippen molar-refractivity contribution >= 4 is 16.1 Å². The van der Waals surface area contributed by atoms with Crippen LogP contribution in [0.4, 0.5) is 0 Å². The van der Waals surface area contributed by atoms with Crippen LogP contribution >= 0.6 is 10.8 Å². The summed E-state index contributed by atoms with van der Waals surface area (Å²) in [5.74, 6) is 1.38. The Morgan fingerprint density at radius 2 is 2.00 bits per heavy atom. The van der Waals surface area contributed by atoms with Crippen molar-refractivity contribution in [3.05, 3.63) is 12.2 Å². The summed E-state index contributed by atoms with van der Waals surface area (Å²) in [5, 5.41) is 2.86. The van der Waals surface area contributed by atoms with Crippen LogP contribution in [0.3, 0.4) is 0 Å². The van der Waals surface area contributed by atoms with Crippen LogP contribution in [0.5, 0.6) is 0 Å². The highest BCUT2D eigenvalue weighted by Gasteiger charge is 2.21. The number of hydrogen-bond donors (Lipinski definition) is 0. The molecule has 0 radical (unpaired) electrons. The van der Waals surface area contributed by atoms with E-state index in [0.717, 1.165) is 6.61 Å². The predicted molar refractivity (Wildman–Crippen MR) is 62.2 cm³/mol. The SMILES string of the molecule is CCOS1=CC=CC(C)C(C)C1C. The molecule has 0 aromatic rings. The fraction of sp³-hybridized carbons (Fsp3) is 0.727. The minimum atomic E-state index is 0.0306. The minimum absolute atomic E-state index is 0.0306. The van der Waals surface area contributed by atoms with E-state index in [4.69, 9.17) is 4.18 Å². The highest BCUT2D eigenvalue weighted by molar-refractivity contribution is 8.11. The first-order valence-corrected chi connectivity index (χ1v) is 6.31.